The summed E-state index contributed by atoms with van der Waals surface area (Å²) in [4.78, 5) is 0. The Morgan fingerprint density at radius 1 is 1.50 bits per heavy atom. The zero-order valence-corrected chi connectivity index (χ0v) is 10.3. The Bertz CT molecular complexity index is 461. The summed E-state index contributed by atoms with van der Waals surface area (Å²) in [5.41, 5.74) is 4.78. The van der Waals surface area contributed by atoms with Gasteiger partial charge in [-0.05, 0) is 12.1 Å². The van der Waals surface area contributed by atoms with Gasteiger partial charge >= 0.3 is 0 Å². The van der Waals surface area contributed by atoms with Gasteiger partial charge < -0.3 is 5.73 Å². The third-order valence-electron chi connectivity index (χ3n) is 1.63. The molecule has 3 N–H and O–H groups in total. The van der Waals surface area contributed by atoms with Crippen molar-refractivity contribution in [1.29, 1.82) is 0 Å². The monoisotopic (exact) mass is 290 g/mol. The topological polar surface area (TPSA) is 72.2 Å². The minimum Gasteiger partial charge on any atom is -0.325 e. The fourth-order valence-corrected chi connectivity index (χ4v) is 3.38. The molecule has 0 aromatic carbocycles. The number of hydrogen-bond acceptors (Lipinski definition) is 4. The summed E-state index contributed by atoms with van der Waals surface area (Å²) in [7, 11) is -3.93. The van der Waals surface area contributed by atoms with Crippen LogP contribution in [-0.4, -0.2) is 27.4 Å². The van der Waals surface area contributed by atoms with Crippen LogP contribution in [0.15, 0.2) is 16.3 Å². The molecule has 1 heterocycles. The molecule has 1 aromatic heterocycles. The van der Waals surface area contributed by atoms with Crippen LogP contribution in [0, 0.1) is 0 Å². The van der Waals surface area contributed by atoms with Gasteiger partial charge in [0, 0.05) is 0 Å². The molecular formula is C7H9ClF2N2O2S2. The van der Waals surface area contributed by atoms with E-state index in [0.717, 1.165) is 11.3 Å². The maximum absolute atomic E-state index is 12.7. The number of nitrogens with two attached hydrogens (primary N) is 1. The van der Waals surface area contributed by atoms with E-state index in [1.54, 1.807) is 4.72 Å². The van der Waals surface area contributed by atoms with Crippen LogP contribution in [0.25, 0.3) is 0 Å². The first-order valence-corrected chi connectivity index (χ1v) is 6.77. The molecule has 1 rings (SSSR count). The average Bonchev–Trinajstić information content (AvgIpc) is 2.63. The van der Waals surface area contributed by atoms with E-state index in [2.05, 4.69) is 0 Å². The van der Waals surface area contributed by atoms with Gasteiger partial charge in [0.25, 0.3) is 5.92 Å². The smallest absolute Gasteiger partial charge is 0.273 e. The molecule has 0 aliphatic rings. The van der Waals surface area contributed by atoms with Crippen LogP contribution in [-0.2, 0) is 10.0 Å². The fraction of sp³-hybridized carbons (Fsp3) is 0.429. The number of nitrogens with one attached hydrogen (secondary N) is 1. The largest absolute Gasteiger partial charge is 0.325 e. The van der Waals surface area contributed by atoms with Crippen molar-refractivity contribution in [2.45, 2.75) is 10.1 Å². The van der Waals surface area contributed by atoms with Crippen molar-refractivity contribution >= 4 is 33.0 Å². The molecule has 1 aromatic rings. The molecule has 0 spiro atoms. The molecule has 92 valence electrons. The quantitative estimate of drug-likeness (QED) is 0.858. The van der Waals surface area contributed by atoms with E-state index in [1.807, 2.05) is 0 Å². The summed E-state index contributed by atoms with van der Waals surface area (Å²) in [6.45, 7) is -1.94. The van der Waals surface area contributed by atoms with E-state index in [1.165, 1.54) is 12.1 Å². The summed E-state index contributed by atoms with van der Waals surface area (Å²) < 4.78 is 50.3. The van der Waals surface area contributed by atoms with Crippen LogP contribution in [0.3, 0.4) is 0 Å². The van der Waals surface area contributed by atoms with Gasteiger partial charge in [-0.2, -0.15) is 0 Å². The highest BCUT2D eigenvalue weighted by Crippen LogP contribution is 2.25. The van der Waals surface area contributed by atoms with Crippen molar-refractivity contribution in [3.8, 4) is 0 Å². The van der Waals surface area contributed by atoms with E-state index in [4.69, 9.17) is 17.3 Å². The molecule has 0 saturated carbocycles. The number of halogens is 3. The van der Waals surface area contributed by atoms with Crippen molar-refractivity contribution < 1.29 is 17.2 Å². The molecule has 0 aliphatic carbocycles. The minimum absolute atomic E-state index is 0.106. The minimum atomic E-state index is -3.93. The lowest BCUT2D eigenvalue weighted by Gasteiger charge is -2.13. The van der Waals surface area contributed by atoms with Gasteiger partial charge in [0.05, 0.1) is 17.4 Å². The van der Waals surface area contributed by atoms with Gasteiger partial charge in [-0.25, -0.2) is 21.9 Å². The SMILES string of the molecule is NCC(F)(F)CNS(=O)(=O)c1ccc(Cl)s1. The number of sulfonamides is 1. The first-order valence-electron chi connectivity index (χ1n) is 4.10. The van der Waals surface area contributed by atoms with Gasteiger partial charge in [-0.1, -0.05) is 11.6 Å². The first kappa shape index (κ1) is 13.8. The second-order valence-electron chi connectivity index (χ2n) is 2.94. The van der Waals surface area contributed by atoms with Crippen LogP contribution in [0.1, 0.15) is 0 Å². The van der Waals surface area contributed by atoms with Crippen LogP contribution in [0.4, 0.5) is 8.78 Å². The van der Waals surface area contributed by atoms with Gasteiger partial charge in [0.1, 0.15) is 4.21 Å². The van der Waals surface area contributed by atoms with Crippen molar-refractivity contribution in [2.24, 2.45) is 5.73 Å². The van der Waals surface area contributed by atoms with E-state index in [9.17, 15) is 17.2 Å². The molecule has 0 unspecified atom stereocenters. The Morgan fingerprint density at radius 2 is 2.12 bits per heavy atom. The van der Waals surface area contributed by atoms with Crippen molar-refractivity contribution in [3.63, 3.8) is 0 Å². The summed E-state index contributed by atoms with van der Waals surface area (Å²) in [5.74, 6) is -3.26. The lowest BCUT2D eigenvalue weighted by Crippen LogP contribution is -2.41. The molecule has 16 heavy (non-hydrogen) atoms. The number of alkyl halides is 2. The lowest BCUT2D eigenvalue weighted by atomic mass is 10.3. The average molecular weight is 291 g/mol. The van der Waals surface area contributed by atoms with Gasteiger partial charge in [-0.15, -0.1) is 11.3 Å². The predicted molar refractivity (Wildman–Crippen MR) is 58.5 cm³/mol. The third-order valence-corrected chi connectivity index (χ3v) is 4.76. The molecular weight excluding hydrogens is 282 g/mol. The van der Waals surface area contributed by atoms with Gasteiger partial charge in [0.15, 0.2) is 0 Å². The number of rotatable bonds is 5. The third kappa shape index (κ3) is 3.63. The molecule has 9 heteroatoms. The van der Waals surface area contributed by atoms with Crippen LogP contribution in [0.5, 0.6) is 0 Å². The van der Waals surface area contributed by atoms with E-state index < -0.39 is 29.0 Å². The molecule has 0 fully saturated rings. The fourth-order valence-electron chi connectivity index (χ4n) is 0.786. The Kier molecular flexibility index (Phi) is 4.24. The molecule has 0 aliphatic heterocycles. The Morgan fingerprint density at radius 3 is 2.56 bits per heavy atom. The normalized spacial score (nSPS) is 13.0. The highest BCUT2D eigenvalue weighted by Gasteiger charge is 2.29. The summed E-state index contributed by atoms with van der Waals surface area (Å²) in [5, 5.41) is 0. The van der Waals surface area contributed by atoms with Crippen molar-refractivity contribution in [1.82, 2.24) is 4.72 Å². The number of hydrogen-bond donors (Lipinski definition) is 2. The van der Waals surface area contributed by atoms with Crippen LogP contribution in [0.2, 0.25) is 4.34 Å². The Hall–Kier alpha value is -0.280. The molecule has 4 nitrogen and oxygen atoms in total. The van der Waals surface area contributed by atoms with E-state index in [-0.39, 0.29) is 8.55 Å². The summed E-state index contributed by atoms with van der Waals surface area (Å²) in [6, 6.07) is 2.62. The zero-order chi connectivity index (χ0) is 12.4. The Balaban J connectivity index is 2.74. The summed E-state index contributed by atoms with van der Waals surface area (Å²) in [6.07, 6.45) is 0. The molecule has 0 amide bonds. The molecule has 0 atom stereocenters. The number of thiophene rings is 1. The van der Waals surface area contributed by atoms with Crippen molar-refractivity contribution in [3.05, 3.63) is 16.5 Å². The van der Waals surface area contributed by atoms with Crippen LogP contribution < -0.4 is 10.5 Å². The molecule has 0 radical (unpaired) electrons. The zero-order valence-electron chi connectivity index (χ0n) is 7.91. The first-order chi connectivity index (χ1) is 7.27. The molecule has 0 bridgehead atoms. The maximum Gasteiger partial charge on any atom is 0.273 e. The maximum atomic E-state index is 12.7. The second-order valence-corrected chi connectivity index (χ2v) is 6.65. The summed E-state index contributed by atoms with van der Waals surface area (Å²) >= 11 is 6.33. The highest BCUT2D eigenvalue weighted by atomic mass is 35.5. The van der Waals surface area contributed by atoms with Crippen LogP contribution >= 0.6 is 22.9 Å². The highest BCUT2D eigenvalue weighted by molar-refractivity contribution is 7.91. The lowest BCUT2D eigenvalue weighted by molar-refractivity contribution is 0.0170. The van der Waals surface area contributed by atoms with Gasteiger partial charge in [0.2, 0.25) is 10.0 Å². The molecule has 0 saturated heterocycles. The van der Waals surface area contributed by atoms with Crippen molar-refractivity contribution in [2.75, 3.05) is 13.1 Å². The second kappa shape index (κ2) is 4.92. The Labute approximate surface area is 100 Å². The van der Waals surface area contributed by atoms with E-state index >= 15 is 0 Å². The predicted octanol–water partition coefficient (Wildman–Crippen LogP) is 1.27. The standard InChI is InChI=1S/C7H9ClF2N2O2S2/c8-5-1-2-6(15-5)16(13,14)12-4-7(9,10)3-11/h1-2,12H,3-4,11H2. The van der Waals surface area contributed by atoms with Gasteiger partial charge in [-0.3, -0.25) is 0 Å². The van der Waals surface area contributed by atoms with E-state index in [0.29, 0.717) is 0 Å².